The van der Waals surface area contributed by atoms with E-state index in [0.717, 1.165) is 62.4 Å². The van der Waals surface area contributed by atoms with Crippen LogP contribution in [0.4, 0.5) is 21.6 Å². The number of nitrogens with one attached hydrogen (secondary N) is 3. The summed E-state index contributed by atoms with van der Waals surface area (Å²) in [6.07, 6.45) is 5.96. The topological polar surface area (TPSA) is 169 Å². The SMILES string of the molecule is C=CC(=O)Nc1cc2c(Nc3ccc(F)c(Cl)c3)ncnc2cc1OCCCN1CCC(N2CCN(C(=O)CSc3cccc4c3CN(C3CCC(=O)NC3=O)C4=O)CC2)CC1. The number of carbonyl (C=O) groups excluding carboxylic acids is 5. The molecule has 18 heteroatoms. The molecule has 3 N–H and O–H groups in total. The fourth-order valence-corrected chi connectivity index (χ4v) is 9.70. The summed E-state index contributed by atoms with van der Waals surface area (Å²) < 4.78 is 20.0. The van der Waals surface area contributed by atoms with Gasteiger partial charge in [-0.3, -0.25) is 34.2 Å². The first kappa shape index (κ1) is 43.0. The van der Waals surface area contributed by atoms with E-state index in [9.17, 15) is 28.4 Å². The molecule has 62 heavy (non-hydrogen) atoms. The van der Waals surface area contributed by atoms with Crippen molar-refractivity contribution in [3.63, 3.8) is 0 Å². The van der Waals surface area contributed by atoms with E-state index in [-0.39, 0.29) is 41.5 Å². The third-order valence-electron chi connectivity index (χ3n) is 11.9. The number of hydrogen-bond donors (Lipinski definition) is 3. The summed E-state index contributed by atoms with van der Waals surface area (Å²) in [7, 11) is 0. The molecule has 324 valence electrons. The van der Waals surface area contributed by atoms with Gasteiger partial charge in [-0.1, -0.05) is 24.2 Å². The maximum Gasteiger partial charge on any atom is 0.255 e. The number of halogens is 2. The van der Waals surface area contributed by atoms with Gasteiger partial charge >= 0.3 is 0 Å². The lowest BCUT2D eigenvalue weighted by atomic mass is 10.0. The smallest absolute Gasteiger partial charge is 0.255 e. The van der Waals surface area contributed by atoms with Crippen LogP contribution in [0.5, 0.6) is 5.75 Å². The van der Waals surface area contributed by atoms with Gasteiger partial charge in [-0.2, -0.15) is 0 Å². The number of amides is 5. The van der Waals surface area contributed by atoms with Gasteiger partial charge in [0.1, 0.15) is 29.8 Å². The summed E-state index contributed by atoms with van der Waals surface area (Å²) in [4.78, 5) is 81.2. The molecular weight excluding hydrogens is 837 g/mol. The van der Waals surface area contributed by atoms with Gasteiger partial charge in [0.2, 0.25) is 23.6 Å². The summed E-state index contributed by atoms with van der Waals surface area (Å²) in [6, 6.07) is 13.0. The van der Waals surface area contributed by atoms with Crippen molar-refractivity contribution in [3.8, 4) is 5.75 Å². The van der Waals surface area contributed by atoms with Crippen LogP contribution in [0, 0.1) is 5.82 Å². The van der Waals surface area contributed by atoms with Crippen molar-refractivity contribution in [3.05, 3.63) is 89.5 Å². The number of nitrogens with zero attached hydrogens (tertiary/aromatic N) is 6. The number of aromatic nitrogens is 2. The number of anilines is 3. The molecule has 3 fully saturated rings. The summed E-state index contributed by atoms with van der Waals surface area (Å²) in [5.74, 6) is -0.663. The lowest BCUT2D eigenvalue weighted by Gasteiger charge is -2.42. The highest BCUT2D eigenvalue weighted by molar-refractivity contribution is 8.00. The molecule has 15 nitrogen and oxygen atoms in total. The molecule has 0 bridgehead atoms. The number of fused-ring (bicyclic) bond motifs is 2. The number of benzene rings is 3. The van der Waals surface area contributed by atoms with Crippen LogP contribution in [-0.2, 0) is 25.7 Å². The standard InChI is InChI=1S/C44H47ClFN9O6S/c1-2-39(56)50-35-22-30-34(47-26-48-42(30)49-27-7-8-33(46)32(45)21-27)23-37(35)61-20-4-13-52-14-11-28(12-15-52)53-16-18-54(19-17-53)41(58)25-62-38-6-3-5-29-31(38)24-55(44(29)60)36-9-10-40(57)51-43(36)59/h2-3,5-8,21-23,26,28,36H,1,4,9-20,24-25H2,(H,50,56)(H,47,48,49)(H,51,57,59). The lowest BCUT2D eigenvalue weighted by molar-refractivity contribution is -0.137. The molecule has 0 radical (unpaired) electrons. The van der Waals surface area contributed by atoms with Crippen LogP contribution >= 0.6 is 23.4 Å². The molecule has 8 rings (SSSR count). The minimum Gasteiger partial charge on any atom is -0.491 e. The van der Waals surface area contributed by atoms with E-state index < -0.39 is 23.7 Å². The number of hydrogen-bond acceptors (Lipinski definition) is 12. The molecule has 3 aromatic carbocycles. The van der Waals surface area contributed by atoms with Crippen molar-refractivity contribution in [2.24, 2.45) is 0 Å². The Balaban J connectivity index is 0.774. The van der Waals surface area contributed by atoms with Gasteiger partial charge in [0.25, 0.3) is 5.91 Å². The zero-order chi connectivity index (χ0) is 43.3. The molecule has 1 atom stereocenters. The molecule has 4 aliphatic rings. The second kappa shape index (κ2) is 19.2. The van der Waals surface area contributed by atoms with Gasteiger partial charge in [-0.05, 0) is 86.8 Å². The Kier molecular flexibility index (Phi) is 13.3. The van der Waals surface area contributed by atoms with Crippen molar-refractivity contribution < 1.29 is 33.1 Å². The van der Waals surface area contributed by atoms with Crippen molar-refractivity contribution in [1.82, 2.24) is 34.9 Å². The van der Waals surface area contributed by atoms with Crippen LogP contribution < -0.4 is 20.7 Å². The molecule has 0 aliphatic carbocycles. The first-order valence-electron chi connectivity index (χ1n) is 20.7. The van der Waals surface area contributed by atoms with Crippen molar-refractivity contribution in [1.29, 1.82) is 0 Å². The van der Waals surface area contributed by atoms with Crippen molar-refractivity contribution in [2.75, 3.05) is 68.8 Å². The quantitative estimate of drug-likeness (QED) is 0.0655. The van der Waals surface area contributed by atoms with Gasteiger partial charge < -0.3 is 30.1 Å². The van der Waals surface area contributed by atoms with E-state index in [0.29, 0.717) is 71.6 Å². The predicted molar refractivity (Wildman–Crippen MR) is 234 cm³/mol. The summed E-state index contributed by atoms with van der Waals surface area (Å²) in [5.41, 5.74) is 2.94. The van der Waals surface area contributed by atoms with Crippen LogP contribution in [0.15, 0.2) is 72.4 Å². The molecular formula is C44H47ClFN9O6S. The molecule has 0 spiro atoms. The van der Waals surface area contributed by atoms with Crippen LogP contribution in [0.2, 0.25) is 5.02 Å². The Bertz CT molecular complexity index is 2410. The number of ether oxygens (including phenoxy) is 1. The number of likely N-dealkylation sites (tertiary alicyclic amines) is 1. The average Bonchev–Trinajstić information content (AvgIpc) is 3.62. The van der Waals surface area contributed by atoms with Crippen LogP contribution in [0.3, 0.4) is 0 Å². The van der Waals surface area contributed by atoms with Crippen molar-refractivity contribution in [2.45, 2.75) is 55.6 Å². The summed E-state index contributed by atoms with van der Waals surface area (Å²) in [5, 5.41) is 8.91. The normalized spacial score (nSPS) is 18.7. The molecule has 4 aliphatic heterocycles. The fourth-order valence-electron chi connectivity index (χ4n) is 8.53. The second-order valence-corrected chi connectivity index (χ2v) is 17.1. The highest BCUT2D eigenvalue weighted by atomic mass is 35.5. The Morgan fingerprint density at radius 2 is 1.82 bits per heavy atom. The molecule has 4 aromatic rings. The van der Waals surface area contributed by atoms with Gasteiger partial charge in [0.05, 0.1) is 28.6 Å². The predicted octanol–water partition coefficient (Wildman–Crippen LogP) is 5.22. The van der Waals surface area contributed by atoms with Crippen molar-refractivity contribution >= 4 is 81.0 Å². The summed E-state index contributed by atoms with van der Waals surface area (Å²) >= 11 is 7.41. The largest absolute Gasteiger partial charge is 0.491 e. The number of piperidine rings is 2. The Hall–Kier alpha value is -5.62. The summed E-state index contributed by atoms with van der Waals surface area (Å²) in [6.45, 7) is 10.1. The molecule has 1 aromatic heterocycles. The molecule has 5 amide bonds. The average molecular weight is 884 g/mol. The zero-order valence-electron chi connectivity index (χ0n) is 34.0. The van der Waals surface area contributed by atoms with E-state index in [2.05, 4.69) is 42.3 Å². The molecule has 0 saturated carbocycles. The minimum absolute atomic E-state index is 0.0256. The Labute approximate surface area is 367 Å². The van der Waals surface area contributed by atoms with Gasteiger partial charge in [0, 0.05) is 79.3 Å². The third kappa shape index (κ3) is 9.70. The minimum atomic E-state index is -0.679. The number of thioether (sulfide) groups is 1. The Morgan fingerprint density at radius 1 is 1.02 bits per heavy atom. The van der Waals surface area contributed by atoms with Crippen LogP contribution in [0.1, 0.15) is 48.0 Å². The number of rotatable bonds is 14. The second-order valence-electron chi connectivity index (χ2n) is 15.7. The van der Waals surface area contributed by atoms with E-state index in [1.165, 1.54) is 41.2 Å². The van der Waals surface area contributed by atoms with Crippen LogP contribution in [-0.4, -0.2) is 129 Å². The van der Waals surface area contributed by atoms with E-state index >= 15 is 0 Å². The maximum atomic E-state index is 13.7. The Morgan fingerprint density at radius 3 is 2.58 bits per heavy atom. The highest BCUT2D eigenvalue weighted by Gasteiger charge is 2.40. The fraction of sp³-hybridized carbons (Fsp3) is 0.386. The maximum absolute atomic E-state index is 13.7. The van der Waals surface area contributed by atoms with E-state index in [1.54, 1.807) is 24.3 Å². The number of carbonyl (C=O) groups is 5. The van der Waals surface area contributed by atoms with Crippen LogP contribution in [0.25, 0.3) is 10.9 Å². The van der Waals surface area contributed by atoms with Gasteiger partial charge in [-0.25, -0.2) is 14.4 Å². The monoisotopic (exact) mass is 883 g/mol. The van der Waals surface area contributed by atoms with Gasteiger partial charge in [-0.15, -0.1) is 11.8 Å². The lowest BCUT2D eigenvalue weighted by Crippen LogP contribution is -2.54. The van der Waals surface area contributed by atoms with E-state index in [4.69, 9.17) is 16.3 Å². The number of imide groups is 1. The first-order valence-corrected chi connectivity index (χ1v) is 22.1. The molecule has 5 heterocycles. The van der Waals surface area contributed by atoms with Gasteiger partial charge in [0.15, 0.2) is 0 Å². The number of piperazine rings is 1. The third-order valence-corrected chi connectivity index (χ3v) is 13.2. The first-order chi connectivity index (χ1) is 30.0. The molecule has 1 unspecified atom stereocenters. The zero-order valence-corrected chi connectivity index (χ0v) is 35.6. The molecule has 3 saturated heterocycles. The highest BCUT2D eigenvalue weighted by Crippen LogP contribution is 2.36. The van der Waals surface area contributed by atoms with E-state index in [1.807, 2.05) is 17.0 Å².